The highest BCUT2D eigenvalue weighted by molar-refractivity contribution is 6.04. The van der Waals surface area contributed by atoms with E-state index in [1.54, 1.807) is 6.92 Å². The summed E-state index contributed by atoms with van der Waals surface area (Å²) in [5.41, 5.74) is -3.37. The Morgan fingerprint density at radius 1 is 1.55 bits per heavy atom. The lowest BCUT2D eigenvalue weighted by Crippen LogP contribution is -2.60. The second-order valence-corrected chi connectivity index (χ2v) is 6.37. The van der Waals surface area contributed by atoms with E-state index in [0.29, 0.717) is 6.42 Å². The summed E-state index contributed by atoms with van der Waals surface area (Å²) in [7, 11) is 1.30. The van der Waals surface area contributed by atoms with Crippen molar-refractivity contribution < 1.29 is 28.9 Å². The average Bonchev–Trinajstić information content (AvgIpc) is 2.89. The minimum atomic E-state index is -1.24. The van der Waals surface area contributed by atoms with Crippen molar-refractivity contribution in [2.24, 2.45) is 0 Å². The van der Waals surface area contributed by atoms with E-state index < -0.39 is 28.9 Å². The van der Waals surface area contributed by atoms with Crippen LogP contribution in [0.1, 0.15) is 39.5 Å². The molecule has 3 heterocycles. The van der Waals surface area contributed by atoms with Gasteiger partial charge >= 0.3 is 5.97 Å². The molecule has 7 heteroatoms. The van der Waals surface area contributed by atoms with Crippen LogP contribution in [0.5, 0.6) is 0 Å². The third-order valence-electron chi connectivity index (χ3n) is 5.44. The molecule has 0 aromatic rings. The molecule has 3 saturated heterocycles. The van der Waals surface area contributed by atoms with Gasteiger partial charge in [0.2, 0.25) is 0 Å². The zero-order chi connectivity index (χ0) is 16.2. The lowest BCUT2D eigenvalue weighted by atomic mass is 9.80. The minimum Gasteiger partial charge on any atom is -0.467 e. The second kappa shape index (κ2) is 4.91. The predicted molar refractivity (Wildman–Crippen MR) is 74.8 cm³/mol. The number of esters is 1. The van der Waals surface area contributed by atoms with Gasteiger partial charge in [0.05, 0.1) is 13.7 Å². The summed E-state index contributed by atoms with van der Waals surface area (Å²) in [5.74, 6) is -0.785. The molecule has 0 aromatic carbocycles. The van der Waals surface area contributed by atoms with Gasteiger partial charge in [0.25, 0.3) is 5.91 Å². The molecule has 0 radical (unpaired) electrons. The summed E-state index contributed by atoms with van der Waals surface area (Å²) < 4.78 is 16.5. The van der Waals surface area contributed by atoms with Gasteiger partial charge in [0.15, 0.2) is 11.1 Å². The van der Waals surface area contributed by atoms with Gasteiger partial charge in [-0.3, -0.25) is 9.69 Å². The molecule has 0 aliphatic carbocycles. The fraction of sp³-hybridized carbons (Fsp3) is 0.867. The molecule has 0 aromatic heterocycles. The molecule has 3 aliphatic rings. The molecule has 0 unspecified atom stereocenters. The third kappa shape index (κ3) is 1.51. The van der Waals surface area contributed by atoms with Crippen LogP contribution < -0.4 is 0 Å². The SMILES string of the molecule is CCCC[C@H]1OC[C@@]2(C(=O)OC)N1C(=O)[C@]1(CCO)O[C@@]12C. The van der Waals surface area contributed by atoms with E-state index >= 15 is 0 Å². The number of amides is 1. The first-order valence-electron chi connectivity index (χ1n) is 7.80. The summed E-state index contributed by atoms with van der Waals surface area (Å²) >= 11 is 0. The number of nitrogens with zero attached hydrogens (tertiary/aromatic N) is 1. The molecule has 4 atom stereocenters. The number of carbonyl (C=O) groups excluding carboxylic acids is 2. The van der Waals surface area contributed by atoms with Gasteiger partial charge in [0, 0.05) is 13.0 Å². The minimum absolute atomic E-state index is 0.0729. The van der Waals surface area contributed by atoms with Crippen molar-refractivity contribution in [3.63, 3.8) is 0 Å². The zero-order valence-electron chi connectivity index (χ0n) is 13.3. The molecule has 3 fully saturated rings. The van der Waals surface area contributed by atoms with Crippen molar-refractivity contribution in [1.82, 2.24) is 4.90 Å². The number of hydrogen-bond donors (Lipinski definition) is 1. The van der Waals surface area contributed by atoms with Gasteiger partial charge in [-0.05, 0) is 19.8 Å². The number of fused-ring (bicyclic) bond motifs is 3. The van der Waals surface area contributed by atoms with Crippen molar-refractivity contribution in [3.8, 4) is 0 Å². The molecule has 1 N–H and O–H groups in total. The number of rotatable bonds is 6. The van der Waals surface area contributed by atoms with E-state index in [1.807, 2.05) is 0 Å². The molecule has 7 nitrogen and oxygen atoms in total. The average molecular weight is 313 g/mol. The second-order valence-electron chi connectivity index (χ2n) is 6.37. The van der Waals surface area contributed by atoms with Crippen LogP contribution in [0.15, 0.2) is 0 Å². The summed E-state index contributed by atoms with van der Waals surface area (Å²) in [4.78, 5) is 27.0. The lowest BCUT2D eigenvalue weighted by molar-refractivity contribution is -0.165. The van der Waals surface area contributed by atoms with Gasteiger partial charge in [-0.1, -0.05) is 13.3 Å². The van der Waals surface area contributed by atoms with Gasteiger partial charge in [-0.25, -0.2) is 4.79 Å². The summed E-state index contributed by atoms with van der Waals surface area (Å²) in [6.45, 7) is 3.70. The molecule has 22 heavy (non-hydrogen) atoms. The normalized spacial score (nSPS) is 42.3. The molecule has 3 rings (SSSR count). The lowest BCUT2D eigenvalue weighted by Gasteiger charge is -2.34. The van der Waals surface area contributed by atoms with Crippen LogP contribution in [0.25, 0.3) is 0 Å². The highest BCUT2D eigenvalue weighted by Gasteiger charge is 2.92. The van der Waals surface area contributed by atoms with Crippen LogP contribution in [-0.2, 0) is 23.8 Å². The highest BCUT2D eigenvalue weighted by Crippen LogP contribution is 2.67. The fourth-order valence-electron chi connectivity index (χ4n) is 4.13. The first kappa shape index (κ1) is 15.7. The number of aliphatic hydroxyl groups excluding tert-OH is 1. The Morgan fingerprint density at radius 3 is 2.86 bits per heavy atom. The number of epoxide rings is 1. The first-order chi connectivity index (χ1) is 10.4. The highest BCUT2D eigenvalue weighted by atomic mass is 16.7. The Morgan fingerprint density at radius 2 is 2.27 bits per heavy atom. The van der Waals surface area contributed by atoms with Crippen LogP contribution in [0.4, 0.5) is 0 Å². The predicted octanol–water partition coefficient (Wildman–Crippen LogP) is 0.197. The van der Waals surface area contributed by atoms with Crippen molar-refractivity contribution in [3.05, 3.63) is 0 Å². The summed E-state index contributed by atoms with van der Waals surface area (Å²) in [5, 5.41) is 9.30. The van der Waals surface area contributed by atoms with Gasteiger partial charge in [-0.2, -0.15) is 0 Å². The number of morpholine rings is 1. The van der Waals surface area contributed by atoms with E-state index in [2.05, 4.69) is 6.92 Å². The summed E-state index contributed by atoms with van der Waals surface area (Å²) in [6, 6.07) is 0. The van der Waals surface area contributed by atoms with Crippen molar-refractivity contribution in [2.75, 3.05) is 20.3 Å². The monoisotopic (exact) mass is 313 g/mol. The number of hydrogen-bond acceptors (Lipinski definition) is 6. The largest absolute Gasteiger partial charge is 0.467 e. The van der Waals surface area contributed by atoms with Gasteiger partial charge in [-0.15, -0.1) is 0 Å². The Hall–Kier alpha value is -1.18. The topological polar surface area (TPSA) is 88.6 Å². The third-order valence-corrected chi connectivity index (χ3v) is 5.44. The molecule has 0 bridgehead atoms. The van der Waals surface area contributed by atoms with Crippen molar-refractivity contribution in [2.45, 2.75) is 62.5 Å². The Bertz CT molecular complexity index is 510. The van der Waals surface area contributed by atoms with Crippen molar-refractivity contribution in [1.29, 1.82) is 0 Å². The first-order valence-corrected chi connectivity index (χ1v) is 7.80. The standard InChI is InChI=1S/C15H23NO6/c1-4-5-6-10-16-11(18)15(7-8-17)13(2,22-15)14(16,9-21-10)12(19)20-3/h10,17H,4-9H2,1-3H3/t10-,13-,14+,15+/m1/s1. The van der Waals surface area contributed by atoms with Gasteiger partial charge in [0.1, 0.15) is 11.8 Å². The number of unbranched alkanes of at least 4 members (excludes halogenated alkanes) is 1. The Balaban J connectivity index is 2.01. The Labute approximate surface area is 129 Å². The van der Waals surface area contributed by atoms with Gasteiger partial charge < -0.3 is 19.3 Å². The fourth-order valence-corrected chi connectivity index (χ4v) is 4.13. The maximum atomic E-state index is 12.9. The number of aliphatic hydroxyl groups is 1. The molecule has 3 aliphatic heterocycles. The van der Waals surface area contributed by atoms with Crippen LogP contribution in [0.2, 0.25) is 0 Å². The molecule has 0 saturated carbocycles. The molecule has 0 spiro atoms. The molecular formula is C15H23NO6. The van der Waals surface area contributed by atoms with Crippen LogP contribution in [0, 0.1) is 0 Å². The Kier molecular flexibility index (Phi) is 3.50. The smallest absolute Gasteiger partial charge is 0.337 e. The molecule has 1 amide bonds. The maximum absolute atomic E-state index is 12.9. The van der Waals surface area contributed by atoms with E-state index in [-0.39, 0.29) is 25.5 Å². The van der Waals surface area contributed by atoms with E-state index in [1.165, 1.54) is 12.0 Å². The number of methoxy groups -OCH3 is 1. The quantitative estimate of drug-likeness (QED) is 0.556. The van der Waals surface area contributed by atoms with Crippen LogP contribution >= 0.6 is 0 Å². The number of carbonyl (C=O) groups is 2. The van der Waals surface area contributed by atoms with Crippen molar-refractivity contribution >= 4 is 11.9 Å². The molecule has 124 valence electrons. The van der Waals surface area contributed by atoms with Crippen LogP contribution in [-0.4, -0.2) is 65.2 Å². The van der Waals surface area contributed by atoms with Crippen LogP contribution in [0.3, 0.4) is 0 Å². The number of ether oxygens (including phenoxy) is 3. The summed E-state index contributed by atoms with van der Waals surface area (Å²) in [6.07, 6.45) is 2.29. The van der Waals surface area contributed by atoms with E-state index in [4.69, 9.17) is 14.2 Å². The maximum Gasteiger partial charge on any atom is 0.337 e. The van der Waals surface area contributed by atoms with E-state index in [0.717, 1.165) is 12.8 Å². The zero-order valence-corrected chi connectivity index (χ0v) is 13.3. The molecular weight excluding hydrogens is 290 g/mol. The van der Waals surface area contributed by atoms with E-state index in [9.17, 15) is 14.7 Å².